The van der Waals surface area contributed by atoms with Crippen LogP contribution < -0.4 is 5.48 Å². The lowest BCUT2D eigenvalue weighted by molar-refractivity contribution is -0.134. The summed E-state index contributed by atoms with van der Waals surface area (Å²) < 4.78 is 1.04. The van der Waals surface area contributed by atoms with Crippen molar-refractivity contribution in [2.45, 2.75) is 33.1 Å². The zero-order valence-electron chi connectivity index (χ0n) is 11.1. The third-order valence-electron chi connectivity index (χ3n) is 2.53. The van der Waals surface area contributed by atoms with Crippen molar-refractivity contribution < 1.29 is 9.63 Å². The fourth-order valence-electron chi connectivity index (χ4n) is 1.52. The summed E-state index contributed by atoms with van der Waals surface area (Å²) >= 11 is 3.39. The van der Waals surface area contributed by atoms with Gasteiger partial charge in [-0.2, -0.15) is 0 Å². The Morgan fingerprint density at radius 3 is 2.44 bits per heavy atom. The Bertz CT molecular complexity index is 376. The molecular formula is C14H20BrNO2. The van der Waals surface area contributed by atoms with Gasteiger partial charge in [0.2, 0.25) is 5.91 Å². The van der Waals surface area contributed by atoms with Crippen LogP contribution in [-0.4, -0.2) is 12.5 Å². The summed E-state index contributed by atoms with van der Waals surface area (Å²) in [5.74, 6) is 0.515. The summed E-state index contributed by atoms with van der Waals surface area (Å²) in [6, 6.07) is 8.02. The van der Waals surface area contributed by atoms with E-state index in [0.717, 1.165) is 10.0 Å². The van der Waals surface area contributed by atoms with Gasteiger partial charge in [-0.15, -0.1) is 0 Å². The standard InChI is InChI=1S/C14H20BrNO2/c1-10(2)9-18-16-14(17)8-11(3)12-4-6-13(15)7-5-12/h4-7,10-11H,8-9H2,1-3H3,(H,16,17). The van der Waals surface area contributed by atoms with Gasteiger partial charge in [-0.1, -0.05) is 48.8 Å². The molecule has 1 unspecified atom stereocenters. The summed E-state index contributed by atoms with van der Waals surface area (Å²) in [6.07, 6.45) is 0.430. The highest BCUT2D eigenvalue weighted by Gasteiger charge is 2.11. The first kappa shape index (κ1) is 15.2. The van der Waals surface area contributed by atoms with Crippen LogP contribution >= 0.6 is 15.9 Å². The smallest absolute Gasteiger partial charge is 0.244 e. The van der Waals surface area contributed by atoms with E-state index < -0.39 is 0 Å². The maximum atomic E-state index is 11.6. The van der Waals surface area contributed by atoms with Crippen molar-refractivity contribution in [1.82, 2.24) is 5.48 Å². The van der Waals surface area contributed by atoms with Crippen LogP contribution in [0.25, 0.3) is 0 Å². The van der Waals surface area contributed by atoms with Crippen molar-refractivity contribution >= 4 is 21.8 Å². The number of hydrogen-bond acceptors (Lipinski definition) is 2. The fourth-order valence-corrected chi connectivity index (χ4v) is 1.78. The maximum Gasteiger partial charge on any atom is 0.244 e. The largest absolute Gasteiger partial charge is 0.273 e. The maximum absolute atomic E-state index is 11.6. The minimum atomic E-state index is -0.0777. The molecule has 0 bridgehead atoms. The minimum Gasteiger partial charge on any atom is -0.273 e. The molecule has 0 aliphatic rings. The fraction of sp³-hybridized carbons (Fsp3) is 0.500. The lowest BCUT2D eigenvalue weighted by Gasteiger charge is -2.12. The molecule has 1 atom stereocenters. The van der Waals surface area contributed by atoms with Gasteiger partial charge in [0.25, 0.3) is 0 Å². The Morgan fingerprint density at radius 2 is 1.89 bits per heavy atom. The Kier molecular flexibility index (Phi) is 6.36. The Labute approximate surface area is 117 Å². The second kappa shape index (κ2) is 7.54. The molecular weight excluding hydrogens is 294 g/mol. The van der Waals surface area contributed by atoms with Crippen LogP contribution in [0, 0.1) is 5.92 Å². The third kappa shape index (κ3) is 5.65. The first-order valence-electron chi connectivity index (χ1n) is 6.15. The van der Waals surface area contributed by atoms with E-state index in [1.54, 1.807) is 0 Å². The van der Waals surface area contributed by atoms with Crippen LogP contribution in [0.4, 0.5) is 0 Å². The van der Waals surface area contributed by atoms with Gasteiger partial charge in [0.05, 0.1) is 6.61 Å². The number of rotatable bonds is 6. The SMILES string of the molecule is CC(C)CONC(=O)CC(C)c1ccc(Br)cc1. The number of hydrogen-bond donors (Lipinski definition) is 1. The first-order chi connectivity index (χ1) is 8.49. The zero-order valence-corrected chi connectivity index (χ0v) is 12.7. The molecule has 0 spiro atoms. The monoisotopic (exact) mass is 313 g/mol. The average molecular weight is 314 g/mol. The topological polar surface area (TPSA) is 38.3 Å². The molecule has 100 valence electrons. The summed E-state index contributed by atoms with van der Waals surface area (Å²) in [6.45, 7) is 6.65. The highest BCUT2D eigenvalue weighted by Crippen LogP contribution is 2.21. The molecule has 3 nitrogen and oxygen atoms in total. The number of nitrogens with one attached hydrogen (secondary N) is 1. The molecule has 1 aromatic rings. The van der Waals surface area contributed by atoms with Gasteiger partial charge >= 0.3 is 0 Å². The van der Waals surface area contributed by atoms with Gasteiger partial charge in [0, 0.05) is 10.9 Å². The molecule has 0 saturated carbocycles. The van der Waals surface area contributed by atoms with Crippen molar-refractivity contribution in [3.63, 3.8) is 0 Å². The summed E-state index contributed by atoms with van der Waals surface area (Å²) in [5.41, 5.74) is 3.63. The third-order valence-corrected chi connectivity index (χ3v) is 3.06. The van der Waals surface area contributed by atoms with Crippen molar-refractivity contribution in [1.29, 1.82) is 0 Å². The number of carbonyl (C=O) groups is 1. The van der Waals surface area contributed by atoms with Crippen LogP contribution in [0.15, 0.2) is 28.7 Å². The van der Waals surface area contributed by atoms with E-state index in [0.29, 0.717) is 18.9 Å². The van der Waals surface area contributed by atoms with Crippen LogP contribution in [0.5, 0.6) is 0 Å². The molecule has 1 rings (SSSR count). The summed E-state index contributed by atoms with van der Waals surface area (Å²) in [5, 5.41) is 0. The molecule has 0 aliphatic carbocycles. The Hall–Kier alpha value is -0.870. The van der Waals surface area contributed by atoms with E-state index in [1.165, 1.54) is 0 Å². The van der Waals surface area contributed by atoms with Gasteiger partial charge in [-0.25, -0.2) is 5.48 Å². The molecule has 0 aliphatic heterocycles. The van der Waals surface area contributed by atoms with E-state index in [1.807, 2.05) is 45.0 Å². The average Bonchev–Trinajstić information content (AvgIpc) is 2.29. The van der Waals surface area contributed by atoms with Gasteiger partial charge in [-0.05, 0) is 29.5 Å². The van der Waals surface area contributed by atoms with E-state index in [4.69, 9.17) is 4.84 Å². The molecule has 0 fully saturated rings. The molecule has 0 saturated heterocycles. The summed E-state index contributed by atoms with van der Waals surface area (Å²) in [4.78, 5) is 16.7. The van der Waals surface area contributed by atoms with Crippen molar-refractivity contribution in [2.24, 2.45) is 5.92 Å². The van der Waals surface area contributed by atoms with Crippen LogP contribution in [0.1, 0.15) is 38.7 Å². The first-order valence-corrected chi connectivity index (χ1v) is 6.94. The lowest BCUT2D eigenvalue weighted by atomic mass is 9.98. The normalized spacial score (nSPS) is 12.5. The molecule has 0 aromatic heterocycles. The van der Waals surface area contributed by atoms with E-state index in [-0.39, 0.29) is 11.8 Å². The number of halogens is 1. The van der Waals surface area contributed by atoms with E-state index in [2.05, 4.69) is 21.4 Å². The predicted molar refractivity (Wildman–Crippen MR) is 76.1 cm³/mol. The zero-order chi connectivity index (χ0) is 13.5. The number of benzene rings is 1. The predicted octanol–water partition coefficient (Wildman–Crippen LogP) is 3.65. The van der Waals surface area contributed by atoms with Crippen LogP contribution in [0.2, 0.25) is 0 Å². The molecule has 0 heterocycles. The number of amides is 1. The molecule has 18 heavy (non-hydrogen) atoms. The Morgan fingerprint density at radius 1 is 1.28 bits per heavy atom. The van der Waals surface area contributed by atoms with Crippen molar-refractivity contribution in [3.8, 4) is 0 Å². The minimum absolute atomic E-state index is 0.0777. The van der Waals surface area contributed by atoms with Crippen LogP contribution in [-0.2, 0) is 9.63 Å². The lowest BCUT2D eigenvalue weighted by Crippen LogP contribution is -2.26. The second-order valence-corrected chi connectivity index (χ2v) is 5.80. The Balaban J connectivity index is 2.37. The highest BCUT2D eigenvalue weighted by atomic mass is 79.9. The molecule has 0 radical (unpaired) electrons. The molecule has 1 amide bonds. The van der Waals surface area contributed by atoms with E-state index >= 15 is 0 Å². The number of hydroxylamine groups is 1. The van der Waals surface area contributed by atoms with Crippen molar-refractivity contribution in [3.05, 3.63) is 34.3 Å². The molecule has 1 aromatic carbocycles. The highest BCUT2D eigenvalue weighted by molar-refractivity contribution is 9.10. The second-order valence-electron chi connectivity index (χ2n) is 4.89. The van der Waals surface area contributed by atoms with Crippen LogP contribution in [0.3, 0.4) is 0 Å². The van der Waals surface area contributed by atoms with Gasteiger partial charge in [0.15, 0.2) is 0 Å². The van der Waals surface area contributed by atoms with Gasteiger partial charge < -0.3 is 0 Å². The number of carbonyl (C=O) groups excluding carboxylic acids is 1. The molecule has 1 N–H and O–H groups in total. The van der Waals surface area contributed by atoms with Gasteiger partial charge in [-0.3, -0.25) is 9.63 Å². The summed E-state index contributed by atoms with van der Waals surface area (Å²) in [7, 11) is 0. The molecule has 4 heteroatoms. The van der Waals surface area contributed by atoms with Gasteiger partial charge in [0.1, 0.15) is 0 Å². The quantitative estimate of drug-likeness (QED) is 0.814. The van der Waals surface area contributed by atoms with E-state index in [9.17, 15) is 4.79 Å². The van der Waals surface area contributed by atoms with Crippen molar-refractivity contribution in [2.75, 3.05) is 6.61 Å².